The highest BCUT2D eigenvalue weighted by molar-refractivity contribution is 5.19. The van der Waals surface area contributed by atoms with Crippen LogP contribution in [0.3, 0.4) is 0 Å². The number of hydrogen-bond donors (Lipinski definition) is 1. The standard InChI is InChI=1S/C17H21N/c1-15(17-10-6-3-7-11-17)14-18-13-12-16-8-4-2-5-9-16/h2-11,15,18H,12-14H2,1H3/t15-/m1/s1. The summed E-state index contributed by atoms with van der Waals surface area (Å²) in [6.45, 7) is 4.35. The molecule has 0 saturated heterocycles. The van der Waals surface area contributed by atoms with Gasteiger partial charge in [0.1, 0.15) is 0 Å². The van der Waals surface area contributed by atoms with E-state index < -0.39 is 0 Å². The van der Waals surface area contributed by atoms with Crippen LogP contribution in [0.25, 0.3) is 0 Å². The predicted molar refractivity (Wildman–Crippen MR) is 77.9 cm³/mol. The molecule has 0 aliphatic carbocycles. The highest BCUT2D eigenvalue weighted by Gasteiger charge is 2.03. The average molecular weight is 239 g/mol. The second-order valence-corrected chi connectivity index (χ2v) is 4.75. The van der Waals surface area contributed by atoms with Gasteiger partial charge in [0.05, 0.1) is 0 Å². The predicted octanol–water partition coefficient (Wildman–Crippen LogP) is 3.62. The highest BCUT2D eigenvalue weighted by Crippen LogP contribution is 2.12. The van der Waals surface area contributed by atoms with E-state index in [1.807, 2.05) is 0 Å². The highest BCUT2D eigenvalue weighted by atomic mass is 14.8. The fourth-order valence-electron chi connectivity index (χ4n) is 2.10. The summed E-state index contributed by atoms with van der Waals surface area (Å²) in [6.07, 6.45) is 1.10. The minimum Gasteiger partial charge on any atom is -0.316 e. The molecule has 18 heavy (non-hydrogen) atoms. The van der Waals surface area contributed by atoms with E-state index >= 15 is 0 Å². The summed E-state index contributed by atoms with van der Waals surface area (Å²) in [5.74, 6) is 0.571. The largest absolute Gasteiger partial charge is 0.316 e. The number of rotatable bonds is 6. The summed E-state index contributed by atoms with van der Waals surface area (Å²) in [5.41, 5.74) is 2.81. The molecule has 2 aromatic rings. The number of nitrogens with one attached hydrogen (secondary N) is 1. The van der Waals surface area contributed by atoms with Gasteiger partial charge in [0, 0.05) is 6.54 Å². The first-order valence-corrected chi connectivity index (χ1v) is 6.66. The van der Waals surface area contributed by atoms with E-state index in [2.05, 4.69) is 72.9 Å². The Bertz CT molecular complexity index is 436. The fourth-order valence-corrected chi connectivity index (χ4v) is 2.10. The van der Waals surface area contributed by atoms with Gasteiger partial charge in [-0.15, -0.1) is 0 Å². The molecule has 0 spiro atoms. The van der Waals surface area contributed by atoms with Crippen LogP contribution in [0.4, 0.5) is 0 Å². The lowest BCUT2D eigenvalue weighted by Crippen LogP contribution is -2.22. The van der Waals surface area contributed by atoms with Crippen LogP contribution in [-0.4, -0.2) is 13.1 Å². The Labute approximate surface area is 110 Å². The molecule has 2 rings (SSSR count). The summed E-state index contributed by atoms with van der Waals surface area (Å²) < 4.78 is 0. The minimum atomic E-state index is 0.571. The molecule has 0 unspecified atom stereocenters. The van der Waals surface area contributed by atoms with Crippen molar-refractivity contribution in [3.63, 3.8) is 0 Å². The van der Waals surface area contributed by atoms with Gasteiger partial charge >= 0.3 is 0 Å². The lowest BCUT2D eigenvalue weighted by atomic mass is 10.0. The fraction of sp³-hybridized carbons (Fsp3) is 0.294. The van der Waals surface area contributed by atoms with Gasteiger partial charge in [0.15, 0.2) is 0 Å². The SMILES string of the molecule is C[C@H](CNCCc1ccccc1)c1ccccc1. The van der Waals surface area contributed by atoms with Gasteiger partial charge in [-0.1, -0.05) is 67.6 Å². The third-order valence-electron chi connectivity index (χ3n) is 3.25. The van der Waals surface area contributed by atoms with Crippen LogP contribution in [0.5, 0.6) is 0 Å². The van der Waals surface area contributed by atoms with E-state index in [9.17, 15) is 0 Å². The maximum Gasteiger partial charge on any atom is 0.00176 e. The zero-order valence-electron chi connectivity index (χ0n) is 11.0. The molecular weight excluding hydrogens is 218 g/mol. The van der Waals surface area contributed by atoms with Gasteiger partial charge in [-0.25, -0.2) is 0 Å². The topological polar surface area (TPSA) is 12.0 Å². The molecule has 94 valence electrons. The van der Waals surface area contributed by atoms with Gasteiger partial charge in [-0.2, -0.15) is 0 Å². The summed E-state index contributed by atoms with van der Waals surface area (Å²) in [7, 11) is 0. The van der Waals surface area contributed by atoms with Crippen molar-refractivity contribution >= 4 is 0 Å². The van der Waals surface area contributed by atoms with Crippen molar-refractivity contribution in [3.05, 3.63) is 71.8 Å². The zero-order chi connectivity index (χ0) is 12.6. The molecule has 1 atom stereocenters. The van der Waals surface area contributed by atoms with E-state index in [-0.39, 0.29) is 0 Å². The van der Waals surface area contributed by atoms with Crippen LogP contribution < -0.4 is 5.32 Å². The Balaban J connectivity index is 1.70. The molecule has 0 fully saturated rings. The van der Waals surface area contributed by atoms with Crippen LogP contribution in [-0.2, 0) is 6.42 Å². The van der Waals surface area contributed by atoms with E-state index in [1.165, 1.54) is 11.1 Å². The van der Waals surface area contributed by atoms with Crippen molar-refractivity contribution in [2.45, 2.75) is 19.3 Å². The van der Waals surface area contributed by atoms with Crippen molar-refractivity contribution in [2.24, 2.45) is 0 Å². The Morgan fingerprint density at radius 3 is 2.17 bits per heavy atom. The first kappa shape index (κ1) is 12.8. The molecule has 0 heterocycles. The smallest absolute Gasteiger partial charge is 0.00176 e. The van der Waals surface area contributed by atoms with Gasteiger partial charge in [0.2, 0.25) is 0 Å². The zero-order valence-corrected chi connectivity index (χ0v) is 11.0. The maximum atomic E-state index is 3.53. The third kappa shape index (κ3) is 4.01. The number of hydrogen-bond acceptors (Lipinski definition) is 1. The van der Waals surface area contributed by atoms with Crippen LogP contribution in [0, 0.1) is 0 Å². The number of benzene rings is 2. The van der Waals surface area contributed by atoms with Crippen molar-refractivity contribution in [2.75, 3.05) is 13.1 Å². The summed E-state index contributed by atoms with van der Waals surface area (Å²) in [6, 6.07) is 21.3. The Hall–Kier alpha value is -1.60. The minimum absolute atomic E-state index is 0.571. The summed E-state index contributed by atoms with van der Waals surface area (Å²) in [4.78, 5) is 0. The van der Waals surface area contributed by atoms with Gasteiger partial charge in [-0.05, 0) is 30.0 Å². The lowest BCUT2D eigenvalue weighted by Gasteiger charge is -2.13. The molecule has 1 heteroatoms. The van der Waals surface area contributed by atoms with Crippen molar-refractivity contribution in [3.8, 4) is 0 Å². The van der Waals surface area contributed by atoms with Gasteiger partial charge in [0.25, 0.3) is 0 Å². The van der Waals surface area contributed by atoms with Crippen LogP contribution in [0.2, 0.25) is 0 Å². The van der Waals surface area contributed by atoms with E-state index in [4.69, 9.17) is 0 Å². The second-order valence-electron chi connectivity index (χ2n) is 4.75. The average Bonchev–Trinajstić information content (AvgIpc) is 2.45. The quantitative estimate of drug-likeness (QED) is 0.759. The Kier molecular flexibility index (Phi) is 4.98. The summed E-state index contributed by atoms with van der Waals surface area (Å²) in [5, 5.41) is 3.53. The molecule has 1 N–H and O–H groups in total. The molecule has 0 aliphatic rings. The van der Waals surface area contributed by atoms with Crippen LogP contribution in [0.15, 0.2) is 60.7 Å². The van der Waals surface area contributed by atoms with E-state index in [0.29, 0.717) is 5.92 Å². The maximum absolute atomic E-state index is 3.53. The lowest BCUT2D eigenvalue weighted by molar-refractivity contribution is 0.615. The molecular formula is C17H21N. The first-order valence-electron chi connectivity index (χ1n) is 6.66. The van der Waals surface area contributed by atoms with Crippen molar-refractivity contribution < 1.29 is 0 Å². The normalized spacial score (nSPS) is 12.3. The van der Waals surface area contributed by atoms with Crippen LogP contribution in [0.1, 0.15) is 24.0 Å². The van der Waals surface area contributed by atoms with E-state index in [1.54, 1.807) is 0 Å². The molecule has 0 aliphatic heterocycles. The summed E-state index contributed by atoms with van der Waals surface area (Å²) >= 11 is 0. The first-order chi connectivity index (χ1) is 8.86. The monoisotopic (exact) mass is 239 g/mol. The van der Waals surface area contributed by atoms with Crippen LogP contribution >= 0.6 is 0 Å². The molecule has 1 nitrogen and oxygen atoms in total. The Morgan fingerprint density at radius 2 is 1.50 bits per heavy atom. The molecule has 2 aromatic carbocycles. The molecule has 0 amide bonds. The molecule has 0 bridgehead atoms. The molecule has 0 aromatic heterocycles. The van der Waals surface area contributed by atoms with Gasteiger partial charge in [-0.3, -0.25) is 0 Å². The third-order valence-corrected chi connectivity index (χ3v) is 3.25. The second kappa shape index (κ2) is 6.97. The van der Waals surface area contributed by atoms with Crippen molar-refractivity contribution in [1.29, 1.82) is 0 Å². The van der Waals surface area contributed by atoms with E-state index in [0.717, 1.165) is 19.5 Å². The molecule has 0 radical (unpaired) electrons. The van der Waals surface area contributed by atoms with Gasteiger partial charge < -0.3 is 5.32 Å². The molecule has 0 saturated carbocycles. The Morgan fingerprint density at radius 1 is 0.889 bits per heavy atom. The van der Waals surface area contributed by atoms with Crippen molar-refractivity contribution in [1.82, 2.24) is 5.32 Å².